The summed E-state index contributed by atoms with van der Waals surface area (Å²) >= 11 is 0. The number of nitrogens with zero attached hydrogens (tertiary/aromatic N) is 1. The van der Waals surface area contributed by atoms with Crippen LogP contribution < -0.4 is 5.73 Å². The number of nitriles is 1. The maximum Gasteiger partial charge on any atom is 0.124 e. The van der Waals surface area contributed by atoms with Crippen molar-refractivity contribution in [3.63, 3.8) is 0 Å². The largest absolute Gasteiger partial charge is 0.324 e. The highest BCUT2D eigenvalue weighted by Gasteiger charge is 2.22. The molecule has 3 heteroatoms. The standard InChI is InChI=1S/C10H9FN2/c11-7-3-6(5-12)8-1-2-10(13)9(8)4-7/h3-4,10H,1-2,13H2/t10-/m1/s1. The van der Waals surface area contributed by atoms with Crippen LogP contribution in [0.25, 0.3) is 0 Å². The average Bonchev–Trinajstić information content (AvgIpc) is 2.47. The first-order valence-corrected chi connectivity index (χ1v) is 4.20. The lowest BCUT2D eigenvalue weighted by atomic mass is 10.0. The molecular weight excluding hydrogens is 167 g/mol. The van der Waals surface area contributed by atoms with E-state index in [2.05, 4.69) is 0 Å². The molecule has 1 aromatic carbocycles. The first-order valence-electron chi connectivity index (χ1n) is 4.20. The first-order chi connectivity index (χ1) is 6.22. The molecule has 2 rings (SSSR count). The van der Waals surface area contributed by atoms with Crippen LogP contribution in [0.3, 0.4) is 0 Å². The molecule has 0 unspecified atom stereocenters. The highest BCUT2D eigenvalue weighted by molar-refractivity contribution is 5.47. The van der Waals surface area contributed by atoms with Crippen molar-refractivity contribution in [2.75, 3.05) is 0 Å². The molecule has 13 heavy (non-hydrogen) atoms. The van der Waals surface area contributed by atoms with Gasteiger partial charge in [-0.2, -0.15) is 5.26 Å². The fourth-order valence-corrected chi connectivity index (χ4v) is 1.82. The van der Waals surface area contributed by atoms with Crippen LogP contribution in [0.4, 0.5) is 4.39 Å². The molecule has 1 atom stereocenters. The molecule has 0 fully saturated rings. The summed E-state index contributed by atoms with van der Waals surface area (Å²) in [6.45, 7) is 0. The molecule has 0 heterocycles. The van der Waals surface area contributed by atoms with Crippen molar-refractivity contribution in [2.45, 2.75) is 18.9 Å². The van der Waals surface area contributed by atoms with Gasteiger partial charge in [0.1, 0.15) is 5.82 Å². The fraction of sp³-hybridized carbons (Fsp3) is 0.300. The van der Waals surface area contributed by atoms with Crippen LogP contribution in [0, 0.1) is 17.1 Å². The van der Waals surface area contributed by atoms with Gasteiger partial charge in [0.2, 0.25) is 0 Å². The topological polar surface area (TPSA) is 49.8 Å². The number of hydrogen-bond donors (Lipinski definition) is 1. The molecule has 1 aliphatic carbocycles. The van der Waals surface area contributed by atoms with E-state index in [1.54, 1.807) is 0 Å². The molecule has 0 radical (unpaired) electrons. The highest BCUT2D eigenvalue weighted by atomic mass is 19.1. The number of hydrogen-bond acceptors (Lipinski definition) is 2. The molecular formula is C10H9FN2. The summed E-state index contributed by atoms with van der Waals surface area (Å²) in [6, 6.07) is 4.61. The van der Waals surface area contributed by atoms with Gasteiger partial charge in [-0.3, -0.25) is 0 Å². The van der Waals surface area contributed by atoms with E-state index < -0.39 is 0 Å². The van der Waals surface area contributed by atoms with Crippen LogP contribution in [0.5, 0.6) is 0 Å². The van der Waals surface area contributed by atoms with Crippen molar-refractivity contribution in [2.24, 2.45) is 5.73 Å². The van der Waals surface area contributed by atoms with Crippen LogP contribution in [-0.4, -0.2) is 0 Å². The quantitative estimate of drug-likeness (QED) is 0.653. The number of rotatable bonds is 0. The summed E-state index contributed by atoms with van der Waals surface area (Å²) in [5.74, 6) is -0.368. The van der Waals surface area contributed by atoms with Crippen LogP contribution in [0.2, 0.25) is 0 Å². The minimum Gasteiger partial charge on any atom is -0.324 e. The molecule has 2 nitrogen and oxygen atoms in total. The molecule has 0 saturated heterocycles. The van der Waals surface area contributed by atoms with Gasteiger partial charge in [0.25, 0.3) is 0 Å². The van der Waals surface area contributed by atoms with Gasteiger partial charge < -0.3 is 5.73 Å². The van der Waals surface area contributed by atoms with Gasteiger partial charge in [-0.1, -0.05) is 0 Å². The Kier molecular flexibility index (Phi) is 1.78. The Hall–Kier alpha value is -1.40. The molecule has 66 valence electrons. The second kappa shape index (κ2) is 2.82. The molecule has 0 bridgehead atoms. The SMILES string of the molecule is N#Cc1cc(F)cc2c1CC[C@H]2N. The lowest BCUT2D eigenvalue weighted by molar-refractivity contribution is 0.621. The van der Waals surface area contributed by atoms with Gasteiger partial charge >= 0.3 is 0 Å². The molecule has 2 N–H and O–H groups in total. The third-order valence-corrected chi connectivity index (χ3v) is 2.47. The third kappa shape index (κ3) is 1.20. The maximum atomic E-state index is 13.0. The van der Waals surface area contributed by atoms with Gasteiger partial charge in [0.05, 0.1) is 11.6 Å². The van der Waals surface area contributed by atoms with Crippen molar-refractivity contribution in [1.29, 1.82) is 5.26 Å². The van der Waals surface area contributed by atoms with Crippen LogP contribution in [0.15, 0.2) is 12.1 Å². The minimum atomic E-state index is -0.368. The minimum absolute atomic E-state index is 0.0993. The monoisotopic (exact) mass is 176 g/mol. The van der Waals surface area contributed by atoms with Crippen molar-refractivity contribution >= 4 is 0 Å². The average molecular weight is 176 g/mol. The Labute approximate surface area is 75.8 Å². The zero-order valence-electron chi connectivity index (χ0n) is 7.05. The van der Waals surface area contributed by atoms with Crippen molar-refractivity contribution in [3.8, 4) is 6.07 Å². The summed E-state index contributed by atoms with van der Waals surface area (Å²) in [5.41, 5.74) is 7.93. The summed E-state index contributed by atoms with van der Waals surface area (Å²) in [6.07, 6.45) is 1.60. The van der Waals surface area contributed by atoms with E-state index >= 15 is 0 Å². The predicted molar refractivity (Wildman–Crippen MR) is 46.4 cm³/mol. The number of fused-ring (bicyclic) bond motifs is 1. The van der Waals surface area contributed by atoms with Crippen molar-refractivity contribution in [3.05, 3.63) is 34.6 Å². The van der Waals surface area contributed by atoms with E-state index in [4.69, 9.17) is 11.0 Å². The van der Waals surface area contributed by atoms with Gasteiger partial charge in [0, 0.05) is 6.04 Å². The second-order valence-corrected chi connectivity index (χ2v) is 3.28. The van der Waals surface area contributed by atoms with Crippen molar-refractivity contribution < 1.29 is 4.39 Å². The number of halogens is 1. The lowest BCUT2D eigenvalue weighted by Gasteiger charge is -2.05. The van der Waals surface area contributed by atoms with Gasteiger partial charge in [-0.25, -0.2) is 4.39 Å². The molecule has 0 aromatic heterocycles. The predicted octanol–water partition coefficient (Wildman–Crippen LogP) is 1.64. The molecule has 0 amide bonds. The van der Waals surface area contributed by atoms with Gasteiger partial charge in [-0.15, -0.1) is 0 Å². The highest BCUT2D eigenvalue weighted by Crippen LogP contribution is 2.32. The van der Waals surface area contributed by atoms with Crippen molar-refractivity contribution in [1.82, 2.24) is 0 Å². The normalized spacial score (nSPS) is 19.6. The zero-order valence-corrected chi connectivity index (χ0v) is 7.05. The zero-order chi connectivity index (χ0) is 9.42. The summed E-state index contributed by atoms with van der Waals surface area (Å²) in [4.78, 5) is 0. The summed E-state index contributed by atoms with van der Waals surface area (Å²) < 4.78 is 13.0. The molecule has 0 saturated carbocycles. The maximum absolute atomic E-state index is 13.0. The Balaban J connectivity index is 2.65. The Morgan fingerprint density at radius 3 is 3.00 bits per heavy atom. The molecule has 0 spiro atoms. The van der Waals surface area contributed by atoms with E-state index in [0.29, 0.717) is 5.56 Å². The Morgan fingerprint density at radius 1 is 1.54 bits per heavy atom. The van der Waals surface area contributed by atoms with Gasteiger partial charge in [-0.05, 0) is 36.1 Å². The number of nitrogens with two attached hydrogens (primary N) is 1. The first kappa shape index (κ1) is 8.21. The van der Waals surface area contributed by atoms with E-state index in [1.165, 1.54) is 12.1 Å². The number of benzene rings is 1. The van der Waals surface area contributed by atoms with Crippen LogP contribution in [-0.2, 0) is 6.42 Å². The van der Waals surface area contributed by atoms with E-state index in [1.807, 2.05) is 6.07 Å². The molecule has 0 aliphatic heterocycles. The Bertz CT molecular complexity index is 393. The smallest absolute Gasteiger partial charge is 0.124 e. The van der Waals surface area contributed by atoms with Gasteiger partial charge in [0.15, 0.2) is 0 Å². The van der Waals surface area contributed by atoms with Crippen LogP contribution in [0.1, 0.15) is 29.2 Å². The summed E-state index contributed by atoms with van der Waals surface area (Å²) in [7, 11) is 0. The Morgan fingerprint density at radius 2 is 2.31 bits per heavy atom. The lowest BCUT2D eigenvalue weighted by Crippen LogP contribution is -2.05. The molecule has 1 aromatic rings. The van der Waals surface area contributed by atoms with E-state index in [0.717, 1.165) is 24.0 Å². The second-order valence-electron chi connectivity index (χ2n) is 3.28. The van der Waals surface area contributed by atoms with E-state index in [9.17, 15) is 4.39 Å². The fourth-order valence-electron chi connectivity index (χ4n) is 1.82. The molecule has 1 aliphatic rings. The van der Waals surface area contributed by atoms with E-state index in [-0.39, 0.29) is 11.9 Å². The van der Waals surface area contributed by atoms with Crippen LogP contribution >= 0.6 is 0 Å². The summed E-state index contributed by atoms with van der Waals surface area (Å²) in [5, 5.41) is 8.75. The third-order valence-electron chi connectivity index (χ3n) is 2.47.